The van der Waals surface area contributed by atoms with Gasteiger partial charge in [-0.1, -0.05) is 38.5 Å². The standard InChI is InChI=1S/C10H21NO4/c1-2-4-6-8-10-12-14-15-13-11-9-7-5-3-1/h11H,1-10H2. The molecule has 1 rings (SSSR count). The Balaban J connectivity index is 2.01. The highest BCUT2D eigenvalue weighted by molar-refractivity contribution is 4.47. The Bertz CT molecular complexity index is 76.0. The molecular formula is C10H21NO4. The van der Waals surface area contributed by atoms with Gasteiger partial charge >= 0.3 is 0 Å². The van der Waals surface area contributed by atoms with Crippen molar-refractivity contribution in [1.82, 2.24) is 5.48 Å². The van der Waals surface area contributed by atoms with Crippen molar-refractivity contribution in [3.05, 3.63) is 0 Å². The van der Waals surface area contributed by atoms with Crippen LogP contribution in [0.5, 0.6) is 0 Å². The summed E-state index contributed by atoms with van der Waals surface area (Å²) < 4.78 is 0. The van der Waals surface area contributed by atoms with Crippen LogP contribution in [0.25, 0.3) is 0 Å². The summed E-state index contributed by atoms with van der Waals surface area (Å²) >= 11 is 0. The third-order valence-corrected chi connectivity index (χ3v) is 2.43. The molecule has 1 N–H and O–H groups in total. The third kappa shape index (κ3) is 8.77. The maximum Gasteiger partial charge on any atom is 0.0855 e. The van der Waals surface area contributed by atoms with Gasteiger partial charge in [0.2, 0.25) is 0 Å². The lowest BCUT2D eigenvalue weighted by molar-refractivity contribution is -0.646. The molecule has 5 heteroatoms. The Morgan fingerprint density at radius 2 is 1.33 bits per heavy atom. The lowest BCUT2D eigenvalue weighted by Gasteiger charge is -2.02. The summed E-state index contributed by atoms with van der Waals surface area (Å²) in [5, 5.41) is 8.60. The van der Waals surface area contributed by atoms with E-state index in [4.69, 9.17) is 4.89 Å². The molecule has 1 fully saturated rings. The summed E-state index contributed by atoms with van der Waals surface area (Å²) in [7, 11) is 0. The first kappa shape index (κ1) is 12.9. The molecule has 0 radical (unpaired) electrons. The van der Waals surface area contributed by atoms with Gasteiger partial charge in [0.05, 0.1) is 6.61 Å². The molecule has 0 bridgehead atoms. The maximum absolute atomic E-state index is 4.72. The fraction of sp³-hybridized carbons (Fsp3) is 1.00. The molecule has 15 heavy (non-hydrogen) atoms. The minimum Gasteiger partial charge on any atom is -0.204 e. The second-order valence-corrected chi connectivity index (χ2v) is 3.76. The molecule has 0 atom stereocenters. The lowest BCUT2D eigenvalue weighted by atomic mass is 10.1. The van der Waals surface area contributed by atoms with E-state index in [0.29, 0.717) is 6.61 Å². The summed E-state index contributed by atoms with van der Waals surface area (Å²) in [4.78, 5) is 9.23. The molecule has 0 amide bonds. The lowest BCUT2D eigenvalue weighted by Crippen LogP contribution is -2.16. The Morgan fingerprint density at radius 1 is 0.667 bits per heavy atom. The highest BCUT2D eigenvalue weighted by Crippen LogP contribution is 2.08. The van der Waals surface area contributed by atoms with Crippen LogP contribution in [0.15, 0.2) is 0 Å². The molecular weight excluding hydrogens is 198 g/mol. The van der Waals surface area contributed by atoms with Crippen LogP contribution in [-0.2, 0) is 20.0 Å². The highest BCUT2D eigenvalue weighted by Gasteiger charge is 1.96. The SMILES string of the molecule is C1CCCCCOOOONCCCC1. The van der Waals surface area contributed by atoms with Gasteiger partial charge in [-0.2, -0.15) is 5.48 Å². The van der Waals surface area contributed by atoms with Gasteiger partial charge in [-0.25, -0.2) is 4.89 Å². The second-order valence-electron chi connectivity index (χ2n) is 3.76. The minimum atomic E-state index is 0.545. The Morgan fingerprint density at radius 3 is 2.13 bits per heavy atom. The van der Waals surface area contributed by atoms with Crippen LogP contribution in [-0.4, -0.2) is 13.2 Å². The Hall–Kier alpha value is -0.200. The molecule has 0 spiro atoms. The first-order chi connectivity index (χ1) is 7.50. The smallest absolute Gasteiger partial charge is 0.0855 e. The summed E-state index contributed by atoms with van der Waals surface area (Å²) in [6.07, 6.45) is 9.72. The molecule has 0 aromatic rings. The van der Waals surface area contributed by atoms with E-state index in [0.717, 1.165) is 19.4 Å². The van der Waals surface area contributed by atoms with Crippen LogP contribution in [0, 0.1) is 0 Å². The number of hydroxylamine groups is 1. The van der Waals surface area contributed by atoms with Gasteiger partial charge in [-0.05, 0) is 22.9 Å². The normalized spacial score (nSPS) is 24.0. The quantitative estimate of drug-likeness (QED) is 0.634. The van der Waals surface area contributed by atoms with Crippen molar-refractivity contribution in [2.24, 2.45) is 0 Å². The number of nitrogens with one attached hydrogen (secondary N) is 1. The van der Waals surface area contributed by atoms with E-state index in [1.165, 1.54) is 38.5 Å². The van der Waals surface area contributed by atoms with Crippen LogP contribution < -0.4 is 5.48 Å². The molecule has 5 nitrogen and oxygen atoms in total. The van der Waals surface area contributed by atoms with Crippen LogP contribution in [0.1, 0.15) is 51.4 Å². The molecule has 1 aliphatic rings. The van der Waals surface area contributed by atoms with Crippen molar-refractivity contribution in [3.8, 4) is 0 Å². The highest BCUT2D eigenvalue weighted by atomic mass is 17.7. The molecule has 0 saturated carbocycles. The minimum absolute atomic E-state index is 0.545. The predicted molar refractivity (Wildman–Crippen MR) is 54.1 cm³/mol. The van der Waals surface area contributed by atoms with Crippen molar-refractivity contribution < 1.29 is 20.0 Å². The molecule has 1 heterocycles. The summed E-state index contributed by atoms with van der Waals surface area (Å²) in [5.41, 5.74) is 2.63. The van der Waals surface area contributed by atoms with Crippen LogP contribution in [0.4, 0.5) is 0 Å². The van der Waals surface area contributed by atoms with Crippen LogP contribution >= 0.6 is 0 Å². The van der Waals surface area contributed by atoms with Gasteiger partial charge < -0.3 is 0 Å². The number of hydrogen-bond acceptors (Lipinski definition) is 5. The van der Waals surface area contributed by atoms with E-state index in [9.17, 15) is 0 Å². The first-order valence-electron chi connectivity index (χ1n) is 5.85. The summed E-state index contributed by atoms with van der Waals surface area (Å²) in [6.45, 7) is 1.31. The van der Waals surface area contributed by atoms with Crippen molar-refractivity contribution in [2.75, 3.05) is 13.2 Å². The Kier molecular flexibility index (Phi) is 8.85. The van der Waals surface area contributed by atoms with E-state index in [1.807, 2.05) is 0 Å². The summed E-state index contributed by atoms with van der Waals surface area (Å²) in [6, 6.07) is 0. The fourth-order valence-electron chi connectivity index (χ4n) is 1.55. The predicted octanol–water partition coefficient (Wildman–Crippen LogP) is 2.44. The van der Waals surface area contributed by atoms with Gasteiger partial charge in [0.1, 0.15) is 0 Å². The zero-order chi connectivity index (χ0) is 10.6. The van der Waals surface area contributed by atoms with E-state index in [-0.39, 0.29) is 0 Å². The maximum atomic E-state index is 4.72. The van der Waals surface area contributed by atoms with Gasteiger partial charge in [0.25, 0.3) is 0 Å². The van der Waals surface area contributed by atoms with E-state index >= 15 is 0 Å². The monoisotopic (exact) mass is 219 g/mol. The zero-order valence-electron chi connectivity index (χ0n) is 9.20. The molecule has 0 aromatic heterocycles. The van der Waals surface area contributed by atoms with Gasteiger partial charge in [-0.15, -0.1) is 4.99 Å². The van der Waals surface area contributed by atoms with Gasteiger partial charge in [0, 0.05) is 6.54 Å². The second kappa shape index (κ2) is 10.3. The molecule has 90 valence electrons. The molecule has 0 aliphatic carbocycles. The first-order valence-corrected chi connectivity index (χ1v) is 5.85. The molecule has 1 aliphatic heterocycles. The van der Waals surface area contributed by atoms with E-state index < -0.39 is 0 Å². The van der Waals surface area contributed by atoms with Crippen molar-refractivity contribution in [2.45, 2.75) is 51.4 Å². The Labute approximate surface area is 90.8 Å². The van der Waals surface area contributed by atoms with Gasteiger partial charge in [-0.3, -0.25) is 0 Å². The topological polar surface area (TPSA) is 49.0 Å². The van der Waals surface area contributed by atoms with Crippen molar-refractivity contribution in [3.63, 3.8) is 0 Å². The van der Waals surface area contributed by atoms with Gasteiger partial charge in [0.15, 0.2) is 0 Å². The van der Waals surface area contributed by atoms with Crippen molar-refractivity contribution >= 4 is 0 Å². The largest absolute Gasteiger partial charge is 0.204 e. The third-order valence-electron chi connectivity index (χ3n) is 2.43. The molecule has 0 aromatic carbocycles. The molecule has 0 unspecified atom stereocenters. The van der Waals surface area contributed by atoms with E-state index in [1.54, 1.807) is 0 Å². The summed E-state index contributed by atoms with van der Waals surface area (Å²) in [5.74, 6) is 0. The van der Waals surface area contributed by atoms with E-state index in [2.05, 4.69) is 20.5 Å². The fourth-order valence-corrected chi connectivity index (χ4v) is 1.55. The van der Waals surface area contributed by atoms with Crippen LogP contribution in [0.3, 0.4) is 0 Å². The molecule has 1 saturated heterocycles. The average molecular weight is 219 g/mol. The zero-order valence-corrected chi connectivity index (χ0v) is 9.20. The number of hydrogen-bond donors (Lipinski definition) is 1. The number of rotatable bonds is 0. The van der Waals surface area contributed by atoms with Crippen molar-refractivity contribution in [1.29, 1.82) is 0 Å². The van der Waals surface area contributed by atoms with Crippen LogP contribution in [0.2, 0.25) is 0 Å². The average Bonchev–Trinajstić information content (AvgIpc) is 2.27.